The molecule has 0 radical (unpaired) electrons. The first-order chi connectivity index (χ1) is 14.0. The summed E-state index contributed by atoms with van der Waals surface area (Å²) in [6.07, 6.45) is 5.00. The van der Waals surface area contributed by atoms with Gasteiger partial charge in [-0.05, 0) is 50.8 Å². The zero-order chi connectivity index (χ0) is 22.1. The van der Waals surface area contributed by atoms with Crippen LogP contribution in [-0.2, 0) is 20.0 Å². The number of piperidine rings is 2. The number of carbonyl (C=O) groups excluding carboxylic acids is 1. The standard InChI is InChI=1S/C20H31N3O5S2/c1-16-7-4-5-12-23(16)30(27,28)19-9-6-8-17(15-19)20(24)22-13-10-18(11-14-22)21(2)29(3,25)26/h6,8-9,15-16,18H,4-5,7,10-14H2,1-3H3. The first kappa shape index (κ1) is 23.2. The lowest BCUT2D eigenvalue weighted by Gasteiger charge is -2.35. The van der Waals surface area contributed by atoms with Crippen molar-refractivity contribution in [2.75, 3.05) is 32.9 Å². The molecule has 10 heteroatoms. The van der Waals surface area contributed by atoms with Gasteiger partial charge in [-0.3, -0.25) is 4.79 Å². The second kappa shape index (κ2) is 8.94. The molecular weight excluding hydrogens is 426 g/mol. The van der Waals surface area contributed by atoms with Gasteiger partial charge < -0.3 is 4.90 Å². The van der Waals surface area contributed by atoms with Gasteiger partial charge in [0.05, 0.1) is 11.2 Å². The third-order valence-corrected chi connectivity index (χ3v) is 9.57. The molecule has 2 aliphatic rings. The van der Waals surface area contributed by atoms with Crippen LogP contribution in [0.1, 0.15) is 49.4 Å². The number of benzene rings is 1. The van der Waals surface area contributed by atoms with Gasteiger partial charge in [0.1, 0.15) is 0 Å². The molecule has 1 aromatic carbocycles. The largest absolute Gasteiger partial charge is 0.339 e. The minimum Gasteiger partial charge on any atom is -0.339 e. The van der Waals surface area contributed by atoms with Crippen LogP contribution in [-0.4, -0.2) is 81.3 Å². The van der Waals surface area contributed by atoms with Gasteiger partial charge in [-0.15, -0.1) is 0 Å². The normalized spacial score (nSPS) is 22.4. The SMILES string of the molecule is CC1CCCCN1S(=O)(=O)c1cccc(C(=O)N2CCC(N(C)S(C)(=O)=O)CC2)c1. The Hall–Kier alpha value is -1.49. The van der Waals surface area contributed by atoms with E-state index < -0.39 is 20.0 Å². The minimum atomic E-state index is -3.65. The van der Waals surface area contributed by atoms with E-state index in [1.54, 1.807) is 30.1 Å². The van der Waals surface area contributed by atoms with Crippen molar-refractivity contribution < 1.29 is 21.6 Å². The highest BCUT2D eigenvalue weighted by atomic mass is 32.2. The summed E-state index contributed by atoms with van der Waals surface area (Å²) in [6, 6.07) is 6.08. The molecule has 1 atom stereocenters. The lowest BCUT2D eigenvalue weighted by Crippen LogP contribution is -2.47. The molecule has 0 spiro atoms. The van der Waals surface area contributed by atoms with Crippen LogP contribution < -0.4 is 0 Å². The Morgan fingerprint density at radius 1 is 1.03 bits per heavy atom. The number of sulfonamides is 2. The number of likely N-dealkylation sites (tertiary alicyclic amines) is 1. The molecule has 1 aromatic rings. The van der Waals surface area contributed by atoms with E-state index in [2.05, 4.69) is 0 Å². The van der Waals surface area contributed by atoms with Crippen molar-refractivity contribution in [1.29, 1.82) is 0 Å². The Kier molecular flexibility index (Phi) is 6.91. The van der Waals surface area contributed by atoms with Crippen molar-refractivity contribution in [2.24, 2.45) is 0 Å². The number of hydrogen-bond acceptors (Lipinski definition) is 5. The molecule has 8 nitrogen and oxygen atoms in total. The molecule has 3 rings (SSSR count). The summed E-state index contributed by atoms with van der Waals surface area (Å²) in [5.41, 5.74) is 0.343. The van der Waals surface area contributed by atoms with Crippen LogP contribution in [0.15, 0.2) is 29.2 Å². The Morgan fingerprint density at radius 2 is 1.70 bits per heavy atom. The van der Waals surface area contributed by atoms with Crippen molar-refractivity contribution in [3.8, 4) is 0 Å². The average molecular weight is 458 g/mol. The molecule has 1 unspecified atom stereocenters. The summed E-state index contributed by atoms with van der Waals surface area (Å²) in [7, 11) is -5.35. The van der Waals surface area contributed by atoms with E-state index in [0.717, 1.165) is 19.3 Å². The van der Waals surface area contributed by atoms with Crippen LogP contribution in [0.4, 0.5) is 0 Å². The van der Waals surface area contributed by atoms with Crippen molar-refractivity contribution in [1.82, 2.24) is 13.5 Å². The monoisotopic (exact) mass is 457 g/mol. The first-order valence-electron chi connectivity index (χ1n) is 10.4. The average Bonchev–Trinajstić information content (AvgIpc) is 2.72. The summed E-state index contributed by atoms with van der Waals surface area (Å²) >= 11 is 0. The zero-order valence-corrected chi connectivity index (χ0v) is 19.5. The van der Waals surface area contributed by atoms with Gasteiger partial charge in [-0.1, -0.05) is 12.5 Å². The van der Waals surface area contributed by atoms with Crippen LogP contribution >= 0.6 is 0 Å². The lowest BCUT2D eigenvalue weighted by atomic mass is 10.0. The number of carbonyl (C=O) groups is 1. The number of hydrogen-bond donors (Lipinski definition) is 0. The molecule has 30 heavy (non-hydrogen) atoms. The zero-order valence-electron chi connectivity index (χ0n) is 17.8. The van der Waals surface area contributed by atoms with Crippen molar-refractivity contribution in [2.45, 2.75) is 56.0 Å². The maximum atomic E-state index is 13.1. The van der Waals surface area contributed by atoms with Gasteiger partial charge in [0.25, 0.3) is 5.91 Å². The third-order valence-electron chi connectivity index (χ3n) is 6.22. The van der Waals surface area contributed by atoms with E-state index in [4.69, 9.17) is 0 Å². The third kappa shape index (κ3) is 4.87. The predicted molar refractivity (Wildman–Crippen MR) is 115 cm³/mol. The van der Waals surface area contributed by atoms with Gasteiger partial charge in [0.15, 0.2) is 0 Å². The fraction of sp³-hybridized carbons (Fsp3) is 0.650. The first-order valence-corrected chi connectivity index (χ1v) is 13.6. The van der Waals surface area contributed by atoms with E-state index in [-0.39, 0.29) is 22.9 Å². The molecule has 0 saturated carbocycles. The maximum absolute atomic E-state index is 13.1. The van der Waals surface area contributed by atoms with E-state index >= 15 is 0 Å². The maximum Gasteiger partial charge on any atom is 0.253 e. The molecule has 2 saturated heterocycles. The summed E-state index contributed by atoms with van der Waals surface area (Å²) in [6.45, 7) is 3.29. The van der Waals surface area contributed by atoms with Crippen LogP contribution in [0, 0.1) is 0 Å². The molecule has 1 amide bonds. The second-order valence-electron chi connectivity index (χ2n) is 8.29. The van der Waals surface area contributed by atoms with Crippen molar-refractivity contribution in [3.05, 3.63) is 29.8 Å². The van der Waals surface area contributed by atoms with Crippen LogP contribution in [0.25, 0.3) is 0 Å². The van der Waals surface area contributed by atoms with Gasteiger partial charge in [0.2, 0.25) is 20.0 Å². The highest BCUT2D eigenvalue weighted by Crippen LogP contribution is 2.26. The molecule has 0 aliphatic carbocycles. The number of amides is 1. The molecule has 2 heterocycles. The number of nitrogens with zero attached hydrogens (tertiary/aromatic N) is 3. The van der Waals surface area contributed by atoms with E-state index in [1.165, 1.54) is 20.9 Å². The lowest BCUT2D eigenvalue weighted by molar-refractivity contribution is 0.0686. The molecule has 0 N–H and O–H groups in total. The van der Waals surface area contributed by atoms with Gasteiger partial charge in [-0.25, -0.2) is 21.1 Å². The smallest absolute Gasteiger partial charge is 0.253 e. The van der Waals surface area contributed by atoms with Gasteiger partial charge in [0, 0.05) is 44.3 Å². The fourth-order valence-electron chi connectivity index (χ4n) is 4.24. The summed E-state index contributed by atoms with van der Waals surface area (Å²) in [5, 5.41) is 0. The Labute approximate surface area is 179 Å². The van der Waals surface area contributed by atoms with Crippen LogP contribution in [0.5, 0.6) is 0 Å². The molecule has 0 bridgehead atoms. The topological polar surface area (TPSA) is 95.1 Å². The summed E-state index contributed by atoms with van der Waals surface area (Å²) in [4.78, 5) is 14.8. The van der Waals surface area contributed by atoms with E-state index in [1.807, 2.05) is 6.92 Å². The highest BCUT2D eigenvalue weighted by Gasteiger charge is 2.32. The van der Waals surface area contributed by atoms with Crippen molar-refractivity contribution in [3.63, 3.8) is 0 Å². The van der Waals surface area contributed by atoms with Crippen LogP contribution in [0.2, 0.25) is 0 Å². The number of rotatable bonds is 5. The van der Waals surface area contributed by atoms with E-state index in [9.17, 15) is 21.6 Å². The molecular formula is C20H31N3O5S2. The minimum absolute atomic E-state index is 0.0473. The molecule has 168 valence electrons. The van der Waals surface area contributed by atoms with Gasteiger partial charge >= 0.3 is 0 Å². The van der Waals surface area contributed by atoms with Gasteiger partial charge in [-0.2, -0.15) is 4.31 Å². The fourth-order valence-corrected chi connectivity index (χ4v) is 6.74. The quantitative estimate of drug-likeness (QED) is 0.671. The molecule has 2 aliphatic heterocycles. The molecule has 0 aromatic heterocycles. The predicted octanol–water partition coefficient (Wildman–Crippen LogP) is 1.75. The highest BCUT2D eigenvalue weighted by molar-refractivity contribution is 7.89. The van der Waals surface area contributed by atoms with Crippen molar-refractivity contribution >= 4 is 26.0 Å². The van der Waals surface area contributed by atoms with E-state index in [0.29, 0.717) is 38.0 Å². The second-order valence-corrected chi connectivity index (χ2v) is 12.2. The van der Waals surface area contributed by atoms with Crippen LogP contribution in [0.3, 0.4) is 0 Å². The summed E-state index contributed by atoms with van der Waals surface area (Å²) < 4.78 is 52.6. The summed E-state index contributed by atoms with van der Waals surface area (Å²) in [5.74, 6) is -0.223. The Bertz CT molecular complexity index is 985. The Balaban J connectivity index is 1.73. The molecule has 2 fully saturated rings. The Morgan fingerprint density at radius 3 is 2.30 bits per heavy atom.